The number of aliphatic imine (C=N–C) groups is 1. The van der Waals surface area contributed by atoms with Crippen LogP contribution in [-0.2, 0) is 21.0 Å². The third kappa shape index (κ3) is 8.13. The maximum absolute atomic E-state index is 14.5. The highest BCUT2D eigenvalue weighted by molar-refractivity contribution is 7.98. The molecule has 0 spiro atoms. The minimum atomic E-state index is -2.97. The number of hydrogen-bond donors (Lipinski definition) is 1. The van der Waals surface area contributed by atoms with Gasteiger partial charge in [0.2, 0.25) is 0 Å². The van der Waals surface area contributed by atoms with Crippen molar-refractivity contribution in [1.29, 1.82) is 0 Å². The minimum Gasteiger partial charge on any atom is -0.380 e. The Hall–Kier alpha value is -2.91. The number of aldehydes is 1. The van der Waals surface area contributed by atoms with E-state index in [9.17, 15) is 13.4 Å². The molecule has 7 nitrogen and oxygen atoms in total. The fraction of sp³-hybridized carbons (Fsp3) is 0.545. The molecule has 0 saturated carbocycles. The number of allylic oxidation sites excluding steroid dienone is 2. The van der Waals surface area contributed by atoms with Crippen molar-refractivity contribution in [2.24, 2.45) is 15.8 Å². The molecule has 1 aromatic rings. The van der Waals surface area contributed by atoms with Crippen LogP contribution >= 0.6 is 0 Å². The van der Waals surface area contributed by atoms with Gasteiger partial charge in [-0.25, -0.2) is 17.9 Å². The van der Waals surface area contributed by atoms with Gasteiger partial charge in [0.05, 0.1) is 26.0 Å². The number of carbonyl (C=O) groups excluding carboxylic acids is 1. The molecule has 2 aliphatic heterocycles. The van der Waals surface area contributed by atoms with Gasteiger partial charge in [0.1, 0.15) is 17.9 Å². The summed E-state index contributed by atoms with van der Waals surface area (Å²) in [4.78, 5) is 21.5. The van der Waals surface area contributed by atoms with E-state index in [1.54, 1.807) is 13.0 Å². The van der Waals surface area contributed by atoms with Crippen LogP contribution in [0.25, 0.3) is 0 Å². The van der Waals surface area contributed by atoms with Gasteiger partial charge in [-0.1, -0.05) is 53.8 Å². The zero-order valence-electron chi connectivity index (χ0n) is 26.7. The molecule has 0 amide bonds. The molecule has 1 aromatic carbocycles. The Morgan fingerprint density at radius 1 is 1.17 bits per heavy atom. The van der Waals surface area contributed by atoms with E-state index in [4.69, 9.17) is 4.99 Å². The van der Waals surface area contributed by atoms with Crippen molar-refractivity contribution in [2.75, 3.05) is 39.8 Å². The average molecular weight is 600 g/mol. The lowest BCUT2D eigenvalue weighted by atomic mass is 9.82. The third-order valence-corrected chi connectivity index (χ3v) is 10.3. The number of benzene rings is 1. The van der Waals surface area contributed by atoms with Crippen molar-refractivity contribution in [1.82, 2.24) is 19.4 Å². The number of piperidine rings is 1. The summed E-state index contributed by atoms with van der Waals surface area (Å²) in [6.07, 6.45) is 3.74. The van der Waals surface area contributed by atoms with Gasteiger partial charge in [0, 0.05) is 63.0 Å². The van der Waals surface area contributed by atoms with Gasteiger partial charge in [-0.15, -0.1) is 0 Å². The van der Waals surface area contributed by atoms with E-state index in [2.05, 4.69) is 68.8 Å². The molecule has 9 heteroatoms. The van der Waals surface area contributed by atoms with Crippen LogP contribution < -0.4 is 5.32 Å². The number of amidine groups is 1. The summed E-state index contributed by atoms with van der Waals surface area (Å²) in [5.74, 6) is 4.55. The van der Waals surface area contributed by atoms with Crippen molar-refractivity contribution < 1.29 is 13.4 Å². The van der Waals surface area contributed by atoms with E-state index in [0.717, 1.165) is 43.6 Å². The lowest BCUT2D eigenvalue weighted by molar-refractivity contribution is -0.104. The molecule has 0 radical (unpaired) electrons. The monoisotopic (exact) mass is 599 g/mol. The summed E-state index contributed by atoms with van der Waals surface area (Å²) in [6.45, 7) is 24.6. The summed E-state index contributed by atoms with van der Waals surface area (Å²) in [7, 11) is -0.955. The van der Waals surface area contributed by atoms with E-state index in [1.165, 1.54) is 12.1 Å². The molecule has 0 bridgehead atoms. The SMILES string of the molecule is C=C(NCc1ccc(F)cc1S(=C)(=O)N1CCN(C(=C)CC(C)(C)C)CC1)/C(N=C1N(C)CCCC1(C)C)=C(\C)C=O. The molecule has 2 fully saturated rings. The first-order valence-electron chi connectivity index (χ1n) is 14.7. The van der Waals surface area contributed by atoms with Crippen molar-refractivity contribution in [3.8, 4) is 0 Å². The Bertz CT molecular complexity index is 1360. The number of nitrogens with one attached hydrogen (secondary N) is 1. The highest BCUT2D eigenvalue weighted by atomic mass is 32.2. The molecule has 0 aromatic heterocycles. The van der Waals surface area contributed by atoms with Crippen molar-refractivity contribution in [2.45, 2.75) is 72.2 Å². The maximum Gasteiger partial charge on any atom is 0.147 e. The predicted octanol–water partition coefficient (Wildman–Crippen LogP) is 5.61. The van der Waals surface area contributed by atoms with E-state index >= 15 is 0 Å². The number of carbonyl (C=O) groups is 1. The Balaban J connectivity index is 1.81. The quantitative estimate of drug-likeness (QED) is 0.164. The van der Waals surface area contributed by atoms with Gasteiger partial charge in [-0.3, -0.25) is 4.79 Å². The van der Waals surface area contributed by atoms with Crippen LogP contribution in [0.4, 0.5) is 4.39 Å². The van der Waals surface area contributed by atoms with Gasteiger partial charge in [-0.2, -0.15) is 0 Å². The molecule has 2 heterocycles. The van der Waals surface area contributed by atoms with E-state index in [0.29, 0.717) is 53.6 Å². The van der Waals surface area contributed by atoms with Crippen LogP contribution in [0.15, 0.2) is 63.9 Å². The second-order valence-electron chi connectivity index (χ2n) is 13.4. The Morgan fingerprint density at radius 3 is 2.38 bits per heavy atom. The zero-order chi connectivity index (χ0) is 31.5. The Kier molecular flexibility index (Phi) is 10.5. The summed E-state index contributed by atoms with van der Waals surface area (Å²) in [5.41, 5.74) is 3.13. The first kappa shape index (κ1) is 33.6. The number of likely N-dealkylation sites (tertiary alicyclic amines) is 1. The van der Waals surface area contributed by atoms with Crippen molar-refractivity contribution in [3.05, 3.63) is 65.4 Å². The van der Waals surface area contributed by atoms with Gasteiger partial charge in [-0.05, 0) is 55.2 Å². The van der Waals surface area contributed by atoms with Crippen LogP contribution in [0.2, 0.25) is 0 Å². The molecule has 1 N–H and O–H groups in total. The molecule has 1 atom stereocenters. The average Bonchev–Trinajstić information content (AvgIpc) is 2.90. The fourth-order valence-electron chi connectivity index (χ4n) is 5.70. The molecular formula is C33H50FN5O2S. The molecular weight excluding hydrogens is 549 g/mol. The van der Waals surface area contributed by atoms with Crippen LogP contribution in [-0.4, -0.2) is 76.1 Å². The second-order valence-corrected chi connectivity index (χ2v) is 15.7. The van der Waals surface area contributed by atoms with Crippen LogP contribution in [0.5, 0.6) is 0 Å². The molecule has 3 rings (SSSR count). The van der Waals surface area contributed by atoms with Crippen molar-refractivity contribution in [3.63, 3.8) is 0 Å². The second kappa shape index (κ2) is 13.2. The first-order chi connectivity index (χ1) is 19.5. The number of piperazine rings is 1. The molecule has 2 saturated heterocycles. The van der Waals surface area contributed by atoms with Gasteiger partial charge in [0.15, 0.2) is 0 Å². The highest BCUT2D eigenvalue weighted by Gasteiger charge is 2.32. The lowest BCUT2D eigenvalue weighted by Crippen LogP contribution is -2.48. The smallest absolute Gasteiger partial charge is 0.147 e. The number of hydrogen-bond acceptors (Lipinski definition) is 5. The van der Waals surface area contributed by atoms with Crippen LogP contribution in [0.1, 0.15) is 66.4 Å². The van der Waals surface area contributed by atoms with Gasteiger partial charge >= 0.3 is 0 Å². The normalized spacial score (nSPS) is 21.0. The zero-order valence-corrected chi connectivity index (χ0v) is 27.5. The minimum absolute atomic E-state index is 0.134. The maximum atomic E-state index is 14.5. The number of halogens is 1. The Labute approximate surface area is 253 Å². The summed E-state index contributed by atoms with van der Waals surface area (Å²) in [6, 6.07) is 4.32. The van der Waals surface area contributed by atoms with E-state index in [-0.39, 0.29) is 17.4 Å². The predicted molar refractivity (Wildman–Crippen MR) is 174 cm³/mol. The summed E-state index contributed by atoms with van der Waals surface area (Å²) >= 11 is 0. The molecule has 42 heavy (non-hydrogen) atoms. The Morgan fingerprint density at radius 2 is 1.81 bits per heavy atom. The first-order valence-corrected chi connectivity index (χ1v) is 16.4. The van der Waals surface area contributed by atoms with Crippen LogP contribution in [0, 0.1) is 16.6 Å². The molecule has 1 unspecified atom stereocenters. The standard InChI is InChI=1S/C33H50FN5O2S/c1-24(23-40)30(36-31-33(7,8)14-11-15-37(31)9)26(3)35-22-27-12-13-28(34)20-29(27)42(10,41)39-18-16-38(17-19-39)25(2)21-32(4,5)6/h12-13,20,23,35H,2-3,10-11,14-19,21-22H2,1,4-9H3/b30-24-,36-31?. The van der Waals surface area contributed by atoms with Crippen LogP contribution in [0.3, 0.4) is 0 Å². The molecule has 232 valence electrons. The molecule has 2 aliphatic rings. The lowest BCUT2D eigenvalue weighted by Gasteiger charge is -2.39. The van der Waals surface area contributed by atoms with Crippen molar-refractivity contribution >= 4 is 27.7 Å². The van der Waals surface area contributed by atoms with E-state index < -0.39 is 15.5 Å². The summed E-state index contributed by atoms with van der Waals surface area (Å²) < 4.78 is 30.6. The fourth-order valence-corrected chi connectivity index (χ4v) is 7.58. The highest BCUT2D eigenvalue weighted by Crippen LogP contribution is 2.32. The van der Waals surface area contributed by atoms with Gasteiger partial charge in [0.25, 0.3) is 0 Å². The topological polar surface area (TPSA) is 68.2 Å². The largest absolute Gasteiger partial charge is 0.380 e. The molecule has 0 aliphatic carbocycles. The number of rotatable bonds is 10. The third-order valence-electron chi connectivity index (χ3n) is 8.02. The van der Waals surface area contributed by atoms with E-state index in [1.807, 2.05) is 11.4 Å². The number of nitrogens with zero attached hydrogens (tertiary/aromatic N) is 4. The van der Waals surface area contributed by atoms with Gasteiger partial charge < -0.3 is 15.1 Å². The summed E-state index contributed by atoms with van der Waals surface area (Å²) in [5, 5.41) is 3.27.